The molecule has 120 valence electrons. The summed E-state index contributed by atoms with van der Waals surface area (Å²) in [5, 5.41) is 4.91. The first-order chi connectivity index (χ1) is 11.1. The van der Waals surface area contributed by atoms with E-state index >= 15 is 0 Å². The predicted octanol–water partition coefficient (Wildman–Crippen LogP) is 2.02. The molecule has 1 amide bonds. The molecule has 2 aromatic carbocycles. The molecule has 0 radical (unpaired) electrons. The Morgan fingerprint density at radius 3 is 2.30 bits per heavy atom. The highest BCUT2D eigenvalue weighted by Gasteiger charge is 2.15. The SMILES string of the molecule is CC(=O)c1ccc(NC(=O)[C@H](C)[NH2+]CCc2ccccc2)cc1. The van der Waals surface area contributed by atoms with Crippen LogP contribution in [0.1, 0.15) is 29.8 Å². The van der Waals surface area contributed by atoms with E-state index in [9.17, 15) is 9.59 Å². The minimum Gasteiger partial charge on any atom is -0.336 e. The number of carbonyl (C=O) groups is 2. The van der Waals surface area contributed by atoms with E-state index < -0.39 is 0 Å². The Bertz CT molecular complexity index is 651. The molecule has 1 atom stereocenters. The second-order valence-electron chi connectivity index (χ2n) is 5.67. The molecule has 0 saturated carbocycles. The highest BCUT2D eigenvalue weighted by atomic mass is 16.2. The molecule has 0 heterocycles. The van der Waals surface area contributed by atoms with Crippen molar-refractivity contribution in [3.8, 4) is 0 Å². The summed E-state index contributed by atoms with van der Waals surface area (Å²) >= 11 is 0. The molecule has 4 heteroatoms. The Balaban J connectivity index is 1.79. The average molecular weight is 311 g/mol. The second-order valence-corrected chi connectivity index (χ2v) is 5.67. The van der Waals surface area contributed by atoms with Gasteiger partial charge in [0, 0.05) is 17.7 Å². The molecule has 0 aliphatic carbocycles. The molecule has 2 rings (SSSR count). The number of amides is 1. The van der Waals surface area contributed by atoms with Gasteiger partial charge in [0.1, 0.15) is 0 Å². The van der Waals surface area contributed by atoms with Crippen LogP contribution in [-0.2, 0) is 11.2 Å². The van der Waals surface area contributed by atoms with E-state index in [-0.39, 0.29) is 17.7 Å². The zero-order chi connectivity index (χ0) is 16.7. The fraction of sp³-hybridized carbons (Fsp3) is 0.263. The normalized spacial score (nSPS) is 11.7. The van der Waals surface area contributed by atoms with E-state index in [0.717, 1.165) is 13.0 Å². The Morgan fingerprint density at radius 2 is 1.70 bits per heavy atom. The molecular formula is C19H23N2O2+. The third-order valence-corrected chi connectivity index (χ3v) is 3.77. The molecule has 0 aromatic heterocycles. The maximum atomic E-state index is 12.2. The van der Waals surface area contributed by atoms with Gasteiger partial charge in [-0.15, -0.1) is 0 Å². The van der Waals surface area contributed by atoms with Crippen LogP contribution < -0.4 is 10.6 Å². The topological polar surface area (TPSA) is 62.8 Å². The number of anilines is 1. The second kappa shape index (κ2) is 8.25. The third kappa shape index (κ3) is 5.34. The van der Waals surface area contributed by atoms with Gasteiger partial charge in [-0.1, -0.05) is 30.3 Å². The first kappa shape index (κ1) is 16.9. The summed E-state index contributed by atoms with van der Waals surface area (Å²) in [4.78, 5) is 23.4. The van der Waals surface area contributed by atoms with Crippen molar-refractivity contribution in [1.82, 2.24) is 0 Å². The van der Waals surface area contributed by atoms with Gasteiger partial charge in [-0.05, 0) is 43.7 Å². The number of quaternary nitrogens is 1. The van der Waals surface area contributed by atoms with Gasteiger partial charge in [0.25, 0.3) is 5.91 Å². The number of hydrogen-bond donors (Lipinski definition) is 2. The van der Waals surface area contributed by atoms with Crippen molar-refractivity contribution in [2.45, 2.75) is 26.3 Å². The summed E-state index contributed by atoms with van der Waals surface area (Å²) in [6, 6.07) is 17.0. The molecule has 0 aliphatic rings. The van der Waals surface area contributed by atoms with Gasteiger partial charge in [0.15, 0.2) is 11.8 Å². The van der Waals surface area contributed by atoms with Gasteiger partial charge in [0.05, 0.1) is 6.54 Å². The number of carbonyl (C=O) groups excluding carboxylic acids is 2. The first-order valence-electron chi connectivity index (χ1n) is 7.85. The van der Waals surface area contributed by atoms with Crippen molar-refractivity contribution < 1.29 is 14.9 Å². The van der Waals surface area contributed by atoms with Gasteiger partial charge < -0.3 is 10.6 Å². The van der Waals surface area contributed by atoms with E-state index in [1.54, 1.807) is 24.3 Å². The molecule has 0 fully saturated rings. The van der Waals surface area contributed by atoms with Crippen molar-refractivity contribution in [3.05, 3.63) is 65.7 Å². The highest BCUT2D eigenvalue weighted by Crippen LogP contribution is 2.10. The lowest BCUT2D eigenvalue weighted by atomic mass is 10.1. The minimum absolute atomic E-state index is 0.0190. The van der Waals surface area contributed by atoms with Crippen LogP contribution in [0.15, 0.2) is 54.6 Å². The zero-order valence-electron chi connectivity index (χ0n) is 13.6. The Kier molecular flexibility index (Phi) is 6.06. The summed E-state index contributed by atoms with van der Waals surface area (Å²) in [7, 11) is 0. The maximum Gasteiger partial charge on any atom is 0.282 e. The van der Waals surface area contributed by atoms with Crippen LogP contribution in [-0.4, -0.2) is 24.3 Å². The standard InChI is InChI=1S/C19H22N2O2/c1-14(20-13-12-16-6-4-3-5-7-16)19(23)21-18-10-8-17(9-11-18)15(2)22/h3-11,14,20H,12-13H2,1-2H3,(H,21,23)/p+1/t14-/m0/s1. The predicted molar refractivity (Wildman–Crippen MR) is 91.5 cm³/mol. The van der Waals surface area contributed by atoms with Gasteiger partial charge in [-0.25, -0.2) is 0 Å². The monoisotopic (exact) mass is 311 g/mol. The average Bonchev–Trinajstić information content (AvgIpc) is 2.56. The molecule has 23 heavy (non-hydrogen) atoms. The molecule has 0 spiro atoms. The summed E-state index contributed by atoms with van der Waals surface area (Å²) in [6.07, 6.45) is 0.936. The van der Waals surface area contributed by atoms with Crippen molar-refractivity contribution in [1.29, 1.82) is 0 Å². The number of benzene rings is 2. The van der Waals surface area contributed by atoms with Crippen LogP contribution in [0.5, 0.6) is 0 Å². The first-order valence-corrected chi connectivity index (χ1v) is 7.85. The summed E-state index contributed by atoms with van der Waals surface area (Å²) in [5.41, 5.74) is 2.63. The molecule has 0 bridgehead atoms. The minimum atomic E-state index is -0.161. The van der Waals surface area contributed by atoms with E-state index in [4.69, 9.17) is 0 Å². The largest absolute Gasteiger partial charge is 0.336 e. The third-order valence-electron chi connectivity index (χ3n) is 3.77. The van der Waals surface area contributed by atoms with Crippen LogP contribution in [0.2, 0.25) is 0 Å². The Morgan fingerprint density at radius 1 is 1.04 bits per heavy atom. The molecule has 0 unspecified atom stereocenters. The number of Topliss-reactive ketones (excluding diaryl/α,β-unsaturated/α-hetero) is 1. The number of nitrogens with two attached hydrogens (primary N) is 1. The zero-order valence-corrected chi connectivity index (χ0v) is 13.6. The van der Waals surface area contributed by atoms with E-state index in [0.29, 0.717) is 11.3 Å². The smallest absolute Gasteiger partial charge is 0.282 e. The van der Waals surface area contributed by atoms with Crippen LogP contribution in [0, 0.1) is 0 Å². The molecule has 0 aliphatic heterocycles. The van der Waals surface area contributed by atoms with Crippen LogP contribution in [0.3, 0.4) is 0 Å². The summed E-state index contributed by atoms with van der Waals surface area (Å²) in [6.45, 7) is 4.28. The number of nitrogens with one attached hydrogen (secondary N) is 1. The summed E-state index contributed by atoms with van der Waals surface area (Å²) in [5.74, 6) is -0.0147. The van der Waals surface area contributed by atoms with Gasteiger partial charge in [-0.3, -0.25) is 9.59 Å². The van der Waals surface area contributed by atoms with Crippen molar-refractivity contribution in [2.24, 2.45) is 0 Å². The van der Waals surface area contributed by atoms with Gasteiger partial charge in [-0.2, -0.15) is 0 Å². The molecule has 0 saturated heterocycles. The lowest BCUT2D eigenvalue weighted by molar-refractivity contribution is -0.672. The molecular weight excluding hydrogens is 288 g/mol. The van der Waals surface area contributed by atoms with Gasteiger partial charge in [0.2, 0.25) is 0 Å². The van der Waals surface area contributed by atoms with E-state index in [1.165, 1.54) is 12.5 Å². The van der Waals surface area contributed by atoms with Crippen molar-refractivity contribution in [3.63, 3.8) is 0 Å². The van der Waals surface area contributed by atoms with Gasteiger partial charge >= 0.3 is 0 Å². The van der Waals surface area contributed by atoms with Crippen molar-refractivity contribution >= 4 is 17.4 Å². The van der Waals surface area contributed by atoms with Crippen LogP contribution >= 0.6 is 0 Å². The molecule has 2 aromatic rings. The number of ketones is 1. The Hall–Kier alpha value is -2.46. The van der Waals surface area contributed by atoms with Crippen LogP contribution in [0.25, 0.3) is 0 Å². The lowest BCUT2D eigenvalue weighted by Gasteiger charge is -2.11. The number of rotatable bonds is 7. The number of hydrogen-bond acceptors (Lipinski definition) is 2. The van der Waals surface area contributed by atoms with E-state index in [1.807, 2.05) is 30.4 Å². The highest BCUT2D eigenvalue weighted by molar-refractivity contribution is 5.96. The molecule has 4 nitrogen and oxygen atoms in total. The lowest BCUT2D eigenvalue weighted by Crippen LogP contribution is -2.92. The van der Waals surface area contributed by atoms with Crippen molar-refractivity contribution in [2.75, 3.05) is 11.9 Å². The van der Waals surface area contributed by atoms with Crippen LogP contribution in [0.4, 0.5) is 5.69 Å². The quantitative estimate of drug-likeness (QED) is 0.769. The fourth-order valence-electron chi connectivity index (χ4n) is 2.30. The van der Waals surface area contributed by atoms with E-state index in [2.05, 4.69) is 17.4 Å². The molecule has 3 N–H and O–H groups in total. The Labute approximate surface area is 136 Å². The summed E-state index contributed by atoms with van der Waals surface area (Å²) < 4.78 is 0. The fourth-order valence-corrected chi connectivity index (χ4v) is 2.30. The maximum absolute atomic E-state index is 12.2.